The minimum Gasteiger partial charge on any atom is -0.381 e. The highest BCUT2D eigenvalue weighted by Gasteiger charge is 2.57. The van der Waals surface area contributed by atoms with E-state index in [2.05, 4.69) is 28.9 Å². The Bertz CT molecular complexity index is 474. The van der Waals surface area contributed by atoms with Gasteiger partial charge < -0.3 is 4.74 Å². The molecule has 3 heterocycles. The number of hydrogen-bond acceptors (Lipinski definition) is 3. The van der Waals surface area contributed by atoms with Gasteiger partial charge in [0.05, 0.1) is 5.69 Å². The van der Waals surface area contributed by atoms with Gasteiger partial charge >= 0.3 is 0 Å². The van der Waals surface area contributed by atoms with Crippen LogP contribution in [-0.4, -0.2) is 35.7 Å². The molecule has 4 rings (SSSR count). The third-order valence-corrected chi connectivity index (χ3v) is 5.43. The molecule has 3 nitrogen and oxygen atoms in total. The van der Waals surface area contributed by atoms with Crippen LogP contribution in [0.3, 0.4) is 0 Å². The van der Waals surface area contributed by atoms with Crippen LogP contribution >= 0.6 is 0 Å². The normalized spacial score (nSPS) is 29.4. The van der Waals surface area contributed by atoms with Gasteiger partial charge in [0.15, 0.2) is 0 Å². The molecule has 1 atom stereocenters. The first-order valence-electron chi connectivity index (χ1n) is 8.00. The average Bonchev–Trinajstić information content (AvgIpc) is 3.26. The van der Waals surface area contributed by atoms with Crippen LogP contribution in [-0.2, 0) is 11.3 Å². The summed E-state index contributed by atoms with van der Waals surface area (Å²) in [5, 5.41) is 0. The quantitative estimate of drug-likeness (QED) is 0.846. The van der Waals surface area contributed by atoms with Crippen LogP contribution < -0.4 is 0 Å². The van der Waals surface area contributed by atoms with Gasteiger partial charge in [0.1, 0.15) is 0 Å². The predicted octanol–water partition coefficient (Wildman–Crippen LogP) is 2.78. The fraction of sp³-hybridized carbons (Fsp3) is 0.706. The summed E-state index contributed by atoms with van der Waals surface area (Å²) < 4.78 is 5.58. The number of hydrogen-bond donors (Lipinski definition) is 0. The van der Waals surface area contributed by atoms with Gasteiger partial charge in [-0.25, -0.2) is 0 Å². The molecule has 1 aliphatic carbocycles. The Labute approximate surface area is 121 Å². The summed E-state index contributed by atoms with van der Waals surface area (Å²) in [6.07, 6.45) is 7.40. The molecular weight excluding hydrogens is 248 g/mol. The van der Waals surface area contributed by atoms with Crippen molar-refractivity contribution in [1.82, 2.24) is 9.88 Å². The molecule has 2 aliphatic heterocycles. The largest absolute Gasteiger partial charge is 0.381 e. The number of rotatable bonds is 3. The van der Waals surface area contributed by atoms with Gasteiger partial charge in [-0.2, -0.15) is 0 Å². The van der Waals surface area contributed by atoms with Crippen molar-refractivity contribution in [2.45, 2.75) is 45.2 Å². The Kier molecular flexibility index (Phi) is 3.08. The minimum atomic E-state index is 0.574. The summed E-state index contributed by atoms with van der Waals surface area (Å²) in [6, 6.07) is 5.17. The van der Waals surface area contributed by atoms with Gasteiger partial charge in [-0.15, -0.1) is 0 Å². The summed E-state index contributed by atoms with van der Waals surface area (Å²) >= 11 is 0. The molecule has 20 heavy (non-hydrogen) atoms. The van der Waals surface area contributed by atoms with Crippen LogP contribution in [0.1, 0.15) is 36.9 Å². The van der Waals surface area contributed by atoms with E-state index in [4.69, 9.17) is 4.74 Å². The van der Waals surface area contributed by atoms with Gasteiger partial charge in [-0.05, 0) is 50.2 Å². The molecule has 1 unspecified atom stereocenters. The van der Waals surface area contributed by atoms with Gasteiger partial charge in [0.25, 0.3) is 0 Å². The smallest absolute Gasteiger partial charge is 0.0544 e. The molecule has 1 spiro atoms. The number of likely N-dealkylation sites (tertiary alicyclic amines) is 1. The van der Waals surface area contributed by atoms with Crippen molar-refractivity contribution in [3.05, 3.63) is 29.6 Å². The van der Waals surface area contributed by atoms with Crippen molar-refractivity contribution < 1.29 is 4.74 Å². The molecule has 0 amide bonds. The van der Waals surface area contributed by atoms with Crippen molar-refractivity contribution in [3.8, 4) is 0 Å². The molecule has 108 valence electrons. The first-order chi connectivity index (χ1) is 9.77. The number of aromatic nitrogens is 1. The monoisotopic (exact) mass is 272 g/mol. The van der Waals surface area contributed by atoms with Crippen molar-refractivity contribution in [2.24, 2.45) is 11.3 Å². The molecule has 0 bridgehead atoms. The maximum atomic E-state index is 5.58. The van der Waals surface area contributed by atoms with Crippen LogP contribution in [0.2, 0.25) is 0 Å². The zero-order chi connectivity index (χ0) is 13.6. The highest BCUT2D eigenvalue weighted by atomic mass is 16.5. The van der Waals surface area contributed by atoms with E-state index in [0.29, 0.717) is 5.41 Å². The molecule has 3 fully saturated rings. The predicted molar refractivity (Wildman–Crippen MR) is 78.4 cm³/mol. The molecule has 1 aromatic heterocycles. The number of pyridine rings is 1. The van der Waals surface area contributed by atoms with Crippen LogP contribution in [0.4, 0.5) is 0 Å². The summed E-state index contributed by atoms with van der Waals surface area (Å²) in [5.74, 6) is 0.951. The number of nitrogens with zero attached hydrogens (tertiary/aromatic N) is 2. The van der Waals surface area contributed by atoms with Gasteiger partial charge in [-0.1, -0.05) is 6.07 Å². The molecule has 0 N–H and O–H groups in total. The molecule has 0 radical (unpaired) electrons. The lowest BCUT2D eigenvalue weighted by molar-refractivity contribution is -0.144. The van der Waals surface area contributed by atoms with Gasteiger partial charge in [0, 0.05) is 44.0 Å². The minimum absolute atomic E-state index is 0.574. The van der Waals surface area contributed by atoms with Crippen molar-refractivity contribution in [2.75, 3.05) is 19.8 Å². The van der Waals surface area contributed by atoms with Crippen LogP contribution in [0.5, 0.6) is 0 Å². The number of ether oxygens (including phenoxy) is 1. The van der Waals surface area contributed by atoms with Crippen molar-refractivity contribution in [3.63, 3.8) is 0 Å². The molecular formula is C17H24N2O. The summed E-state index contributed by atoms with van der Waals surface area (Å²) in [7, 11) is 0. The summed E-state index contributed by atoms with van der Waals surface area (Å²) in [4.78, 5) is 7.26. The van der Waals surface area contributed by atoms with Crippen molar-refractivity contribution >= 4 is 0 Å². The third-order valence-electron chi connectivity index (χ3n) is 5.43. The second-order valence-corrected chi connectivity index (χ2v) is 6.99. The van der Waals surface area contributed by atoms with E-state index in [1.54, 1.807) is 0 Å². The SMILES string of the molecule is Cc1ccc(CN2CC3(CCOCC3)C2C2CC2)nc1. The molecule has 3 aliphatic rings. The molecule has 1 saturated carbocycles. The lowest BCUT2D eigenvalue weighted by Crippen LogP contribution is -2.66. The maximum Gasteiger partial charge on any atom is 0.0544 e. The van der Waals surface area contributed by atoms with E-state index in [9.17, 15) is 0 Å². The molecule has 0 aromatic carbocycles. The average molecular weight is 272 g/mol. The topological polar surface area (TPSA) is 25.4 Å². The second-order valence-electron chi connectivity index (χ2n) is 6.99. The maximum absolute atomic E-state index is 5.58. The van der Waals surface area contributed by atoms with E-state index >= 15 is 0 Å². The number of aryl methyl sites for hydroxylation is 1. The Morgan fingerprint density at radius 2 is 2.10 bits per heavy atom. The van der Waals surface area contributed by atoms with E-state index in [1.807, 2.05) is 6.20 Å². The zero-order valence-electron chi connectivity index (χ0n) is 12.3. The molecule has 1 aromatic rings. The Morgan fingerprint density at radius 1 is 1.30 bits per heavy atom. The highest BCUT2D eigenvalue weighted by molar-refractivity contribution is 5.15. The Morgan fingerprint density at radius 3 is 2.75 bits per heavy atom. The standard InChI is InChI=1S/C17H24N2O/c1-13-2-5-15(18-10-13)11-19-12-17(6-8-20-9-7-17)16(19)14-3-4-14/h2,5,10,14,16H,3-4,6-9,11-12H2,1H3. The highest BCUT2D eigenvalue weighted by Crippen LogP contribution is 2.55. The fourth-order valence-electron chi connectivity index (χ4n) is 4.27. The first-order valence-corrected chi connectivity index (χ1v) is 8.00. The lowest BCUT2D eigenvalue weighted by atomic mass is 9.64. The van der Waals surface area contributed by atoms with Gasteiger partial charge in [0.2, 0.25) is 0 Å². The first kappa shape index (κ1) is 12.8. The van der Waals surface area contributed by atoms with E-state index in [1.165, 1.54) is 43.5 Å². The van der Waals surface area contributed by atoms with E-state index in [0.717, 1.165) is 31.7 Å². The summed E-state index contributed by atoms with van der Waals surface area (Å²) in [5.41, 5.74) is 3.05. The van der Waals surface area contributed by atoms with E-state index < -0.39 is 0 Å². The van der Waals surface area contributed by atoms with E-state index in [-0.39, 0.29) is 0 Å². The fourth-order valence-corrected chi connectivity index (χ4v) is 4.27. The zero-order valence-corrected chi connectivity index (χ0v) is 12.3. The van der Waals surface area contributed by atoms with Crippen LogP contribution in [0.25, 0.3) is 0 Å². The Balaban J connectivity index is 1.47. The van der Waals surface area contributed by atoms with Crippen LogP contribution in [0, 0.1) is 18.3 Å². The van der Waals surface area contributed by atoms with Crippen molar-refractivity contribution in [1.29, 1.82) is 0 Å². The Hall–Kier alpha value is -0.930. The van der Waals surface area contributed by atoms with Gasteiger partial charge in [-0.3, -0.25) is 9.88 Å². The summed E-state index contributed by atoms with van der Waals surface area (Å²) in [6.45, 7) is 6.33. The second kappa shape index (κ2) is 4.81. The lowest BCUT2D eigenvalue weighted by Gasteiger charge is -2.60. The molecule has 3 heteroatoms. The van der Waals surface area contributed by atoms with Crippen LogP contribution in [0.15, 0.2) is 18.3 Å². The molecule has 2 saturated heterocycles. The third kappa shape index (κ3) is 2.17.